The molecule has 1 saturated heterocycles. The molecular weight excluding hydrogens is 489 g/mol. The monoisotopic (exact) mass is 525 g/mol. The topological polar surface area (TPSA) is 63.1 Å². The van der Waals surface area contributed by atoms with E-state index < -0.39 is 0 Å². The smallest absolute Gasteiger partial charge is 0.260 e. The van der Waals surface area contributed by atoms with Crippen LogP contribution in [-0.2, 0) is 6.42 Å². The minimum atomic E-state index is -0.302. The zero-order valence-corrected chi connectivity index (χ0v) is 22.6. The maximum atomic E-state index is 14.4. The van der Waals surface area contributed by atoms with Crippen LogP contribution in [0.1, 0.15) is 55.7 Å². The Bertz CT molecular complexity index is 1500. The molecule has 202 valence electrons. The maximum Gasteiger partial charge on any atom is 0.260 e. The minimum absolute atomic E-state index is 0.0939. The first-order chi connectivity index (χ1) is 19.1. The second kappa shape index (κ2) is 11.3. The van der Waals surface area contributed by atoms with Crippen LogP contribution in [0, 0.1) is 12.7 Å². The van der Waals surface area contributed by atoms with Gasteiger partial charge in [-0.05, 0) is 74.4 Å². The van der Waals surface area contributed by atoms with Crippen molar-refractivity contribution in [2.75, 3.05) is 24.5 Å². The number of halogens is 1. The second-order valence-corrected chi connectivity index (χ2v) is 11.0. The Morgan fingerprint density at radius 2 is 1.77 bits per heavy atom. The molecule has 0 bridgehead atoms. The number of nitrogens with zero attached hydrogens (tertiary/aromatic N) is 4. The van der Waals surface area contributed by atoms with Gasteiger partial charge in [0.2, 0.25) is 5.95 Å². The van der Waals surface area contributed by atoms with Gasteiger partial charge in [0.1, 0.15) is 11.5 Å². The van der Waals surface area contributed by atoms with Gasteiger partial charge in [0.25, 0.3) is 5.56 Å². The highest BCUT2D eigenvalue weighted by molar-refractivity contribution is 5.81. The number of hydrogen-bond acceptors (Lipinski definition) is 5. The van der Waals surface area contributed by atoms with Crippen molar-refractivity contribution in [3.63, 3.8) is 0 Å². The fourth-order valence-corrected chi connectivity index (χ4v) is 6.08. The van der Waals surface area contributed by atoms with Gasteiger partial charge in [0.05, 0.1) is 0 Å². The first kappa shape index (κ1) is 25.7. The number of benzene rings is 2. The van der Waals surface area contributed by atoms with Crippen LogP contribution in [0.25, 0.3) is 22.2 Å². The van der Waals surface area contributed by atoms with Crippen molar-refractivity contribution >= 4 is 17.0 Å². The van der Waals surface area contributed by atoms with E-state index in [0.29, 0.717) is 34.3 Å². The first-order valence-electron chi connectivity index (χ1n) is 14.3. The van der Waals surface area contributed by atoms with E-state index in [9.17, 15) is 9.18 Å². The summed E-state index contributed by atoms with van der Waals surface area (Å²) in [5.74, 6) is 0.384. The summed E-state index contributed by atoms with van der Waals surface area (Å²) in [7, 11) is 0. The lowest BCUT2D eigenvalue weighted by molar-refractivity contribution is 0.415. The largest absolute Gasteiger partial charge is 0.341 e. The number of anilines is 1. The number of hydrogen-bond donors (Lipinski definition) is 1. The molecule has 2 aliphatic rings. The number of pyridine rings is 1. The van der Waals surface area contributed by atoms with Crippen LogP contribution in [0.3, 0.4) is 0 Å². The molecule has 3 heterocycles. The third-order valence-electron chi connectivity index (χ3n) is 8.40. The van der Waals surface area contributed by atoms with Gasteiger partial charge in [-0.2, -0.15) is 4.98 Å². The lowest BCUT2D eigenvalue weighted by atomic mass is 10.0. The van der Waals surface area contributed by atoms with Crippen LogP contribution in [0.2, 0.25) is 0 Å². The molecule has 0 amide bonds. The summed E-state index contributed by atoms with van der Waals surface area (Å²) < 4.78 is 16.3. The molecule has 1 saturated carbocycles. The lowest BCUT2D eigenvalue weighted by Crippen LogP contribution is -2.43. The van der Waals surface area contributed by atoms with Crippen LogP contribution < -0.4 is 15.8 Å². The number of fused-ring (bicyclic) bond motifs is 1. The van der Waals surface area contributed by atoms with E-state index >= 15 is 0 Å². The van der Waals surface area contributed by atoms with Crippen molar-refractivity contribution < 1.29 is 4.39 Å². The molecule has 1 N–H and O–H groups in total. The predicted octanol–water partition coefficient (Wildman–Crippen LogP) is 5.82. The van der Waals surface area contributed by atoms with E-state index in [2.05, 4.69) is 40.5 Å². The number of piperidine rings is 1. The van der Waals surface area contributed by atoms with E-state index in [1.807, 2.05) is 22.9 Å². The van der Waals surface area contributed by atoms with Gasteiger partial charge in [-0.1, -0.05) is 55.3 Å². The highest BCUT2D eigenvalue weighted by atomic mass is 19.1. The molecule has 1 aliphatic heterocycles. The molecule has 0 unspecified atom stereocenters. The summed E-state index contributed by atoms with van der Waals surface area (Å²) >= 11 is 0. The number of rotatable bonds is 7. The molecule has 2 aromatic heterocycles. The first-order valence-corrected chi connectivity index (χ1v) is 14.3. The van der Waals surface area contributed by atoms with Crippen molar-refractivity contribution in [3.8, 4) is 11.1 Å². The zero-order chi connectivity index (χ0) is 26.8. The zero-order valence-electron chi connectivity index (χ0n) is 22.6. The molecule has 0 spiro atoms. The lowest BCUT2D eigenvalue weighted by Gasteiger charge is -2.32. The van der Waals surface area contributed by atoms with Crippen LogP contribution in [0.15, 0.2) is 65.6 Å². The summed E-state index contributed by atoms with van der Waals surface area (Å²) in [5, 5.41) is 4.53. The van der Waals surface area contributed by atoms with E-state index in [4.69, 9.17) is 9.97 Å². The Labute approximate surface area is 228 Å². The molecular formula is C32H36FN5O. The van der Waals surface area contributed by atoms with Gasteiger partial charge in [-0.3, -0.25) is 9.36 Å². The number of nitrogens with one attached hydrogen (secondary N) is 1. The van der Waals surface area contributed by atoms with Crippen LogP contribution in [0.5, 0.6) is 0 Å². The molecule has 0 radical (unpaired) electrons. The molecule has 1 aliphatic carbocycles. The Hall–Kier alpha value is -3.58. The Morgan fingerprint density at radius 1 is 1.00 bits per heavy atom. The third-order valence-corrected chi connectivity index (χ3v) is 8.40. The van der Waals surface area contributed by atoms with E-state index in [0.717, 1.165) is 70.0 Å². The van der Waals surface area contributed by atoms with Crippen LogP contribution >= 0.6 is 0 Å². The SMILES string of the molecule is Cc1ccc(-c2cc3cnc(N4CCC(NCCc5ccccc5)CC4)nc3n(C3CCCC3)c2=O)cc1F. The van der Waals surface area contributed by atoms with E-state index in [1.165, 1.54) is 11.6 Å². The van der Waals surface area contributed by atoms with Gasteiger partial charge in [-0.15, -0.1) is 0 Å². The summed E-state index contributed by atoms with van der Waals surface area (Å²) in [4.78, 5) is 25.8. The van der Waals surface area contributed by atoms with Gasteiger partial charge in [0.15, 0.2) is 0 Å². The molecule has 2 fully saturated rings. The third kappa shape index (κ3) is 5.46. The molecule has 4 aromatic rings. The molecule has 2 aromatic carbocycles. The fraction of sp³-hybridized carbons (Fsp3) is 0.406. The highest BCUT2D eigenvalue weighted by Crippen LogP contribution is 2.32. The molecule has 6 nitrogen and oxygen atoms in total. The number of aryl methyl sites for hydroxylation is 1. The van der Waals surface area contributed by atoms with Gasteiger partial charge in [-0.25, -0.2) is 9.37 Å². The summed E-state index contributed by atoms with van der Waals surface area (Å²) in [6, 6.07) is 18.0. The van der Waals surface area contributed by atoms with Crippen LogP contribution in [0.4, 0.5) is 10.3 Å². The predicted molar refractivity (Wildman–Crippen MR) is 155 cm³/mol. The fourth-order valence-electron chi connectivity index (χ4n) is 6.08. The average molecular weight is 526 g/mol. The molecule has 0 atom stereocenters. The molecule has 7 heteroatoms. The minimum Gasteiger partial charge on any atom is -0.341 e. The van der Waals surface area contributed by atoms with Crippen molar-refractivity contribution in [1.29, 1.82) is 0 Å². The molecule has 39 heavy (non-hydrogen) atoms. The average Bonchev–Trinajstić information content (AvgIpc) is 3.49. The summed E-state index contributed by atoms with van der Waals surface area (Å²) in [6.07, 6.45) is 9.05. The van der Waals surface area contributed by atoms with Crippen molar-refractivity contribution in [3.05, 3.63) is 88.1 Å². The summed E-state index contributed by atoms with van der Waals surface area (Å²) in [6.45, 7) is 4.46. The second-order valence-electron chi connectivity index (χ2n) is 11.0. The molecule has 6 rings (SSSR count). The van der Waals surface area contributed by atoms with E-state index in [1.54, 1.807) is 13.0 Å². The Morgan fingerprint density at radius 3 is 2.51 bits per heavy atom. The van der Waals surface area contributed by atoms with Gasteiger partial charge >= 0.3 is 0 Å². The van der Waals surface area contributed by atoms with Crippen molar-refractivity contribution in [2.45, 2.75) is 64.0 Å². The highest BCUT2D eigenvalue weighted by Gasteiger charge is 2.25. The van der Waals surface area contributed by atoms with Gasteiger partial charge in [0, 0.05) is 42.3 Å². The Kier molecular flexibility index (Phi) is 7.42. The maximum absolute atomic E-state index is 14.4. The van der Waals surface area contributed by atoms with Crippen molar-refractivity contribution in [2.24, 2.45) is 0 Å². The van der Waals surface area contributed by atoms with E-state index in [-0.39, 0.29) is 17.4 Å². The quantitative estimate of drug-likeness (QED) is 0.329. The Balaban J connectivity index is 1.23. The van der Waals surface area contributed by atoms with Crippen LogP contribution in [-0.4, -0.2) is 40.2 Å². The summed E-state index contributed by atoms with van der Waals surface area (Å²) in [5.41, 5.74) is 3.63. The standard InChI is InChI=1S/C32H36FN5O/c1-22-11-12-24(20-29(22)33)28-19-25-21-35-32(36-30(25)38(31(28)39)27-9-5-6-10-27)37-17-14-26(15-18-37)34-16-13-23-7-3-2-4-8-23/h2-4,7-8,11-12,19-21,26-27,34H,5-6,9-10,13-18H2,1H3. The normalized spacial score (nSPS) is 16.8. The van der Waals surface area contributed by atoms with Gasteiger partial charge < -0.3 is 10.2 Å². The van der Waals surface area contributed by atoms with Crippen molar-refractivity contribution in [1.82, 2.24) is 19.9 Å². The number of aromatic nitrogens is 3.